The van der Waals surface area contributed by atoms with E-state index in [1.54, 1.807) is 0 Å². The second-order valence-corrected chi connectivity index (χ2v) is 5.49. The minimum atomic E-state index is 0.00367. The Bertz CT molecular complexity index is 168. The smallest absolute Gasteiger partial charge is 0.0599 e. The zero-order valence-corrected chi connectivity index (χ0v) is 10.2. The van der Waals surface area contributed by atoms with E-state index in [0.717, 1.165) is 13.2 Å². The summed E-state index contributed by atoms with van der Waals surface area (Å²) in [6.07, 6.45) is 4.15. The van der Waals surface area contributed by atoms with Gasteiger partial charge in [0.2, 0.25) is 0 Å². The predicted molar refractivity (Wildman–Crippen MR) is 60.5 cm³/mol. The van der Waals surface area contributed by atoms with Crippen LogP contribution < -0.4 is 5.32 Å². The Morgan fingerprint density at radius 1 is 1.29 bits per heavy atom. The van der Waals surface area contributed by atoms with E-state index in [9.17, 15) is 0 Å². The molecule has 1 aliphatic rings. The van der Waals surface area contributed by atoms with Crippen molar-refractivity contribution in [1.29, 1.82) is 0 Å². The SMILES string of the molecule is CCC1(CNCCOC(C)(C)C)CC1. The molecule has 1 N–H and O–H groups in total. The third-order valence-corrected chi connectivity index (χ3v) is 3.02. The first-order valence-corrected chi connectivity index (χ1v) is 5.82. The van der Waals surface area contributed by atoms with Crippen molar-refractivity contribution in [2.75, 3.05) is 19.7 Å². The normalized spacial score (nSPS) is 19.7. The highest BCUT2D eigenvalue weighted by molar-refractivity contribution is 4.93. The van der Waals surface area contributed by atoms with Gasteiger partial charge in [0.15, 0.2) is 0 Å². The molecule has 0 spiro atoms. The maximum atomic E-state index is 5.64. The topological polar surface area (TPSA) is 21.3 Å². The van der Waals surface area contributed by atoms with Crippen LogP contribution in [0.3, 0.4) is 0 Å². The molecular weight excluding hydrogens is 174 g/mol. The van der Waals surface area contributed by atoms with E-state index in [2.05, 4.69) is 33.0 Å². The maximum Gasteiger partial charge on any atom is 0.0599 e. The molecule has 0 aromatic rings. The summed E-state index contributed by atoms with van der Waals surface area (Å²) in [7, 11) is 0. The molecule has 0 unspecified atom stereocenters. The fraction of sp³-hybridized carbons (Fsp3) is 1.00. The summed E-state index contributed by atoms with van der Waals surface area (Å²) in [5.41, 5.74) is 0.658. The van der Waals surface area contributed by atoms with Gasteiger partial charge in [-0.05, 0) is 45.4 Å². The van der Waals surface area contributed by atoms with E-state index >= 15 is 0 Å². The monoisotopic (exact) mass is 199 g/mol. The molecule has 2 nitrogen and oxygen atoms in total. The third-order valence-electron chi connectivity index (χ3n) is 3.02. The Hall–Kier alpha value is -0.0800. The first-order valence-electron chi connectivity index (χ1n) is 5.82. The van der Waals surface area contributed by atoms with E-state index in [1.807, 2.05) is 0 Å². The van der Waals surface area contributed by atoms with E-state index in [1.165, 1.54) is 25.8 Å². The Balaban J connectivity index is 1.95. The summed E-state index contributed by atoms with van der Waals surface area (Å²) >= 11 is 0. The van der Waals surface area contributed by atoms with Crippen LogP contribution in [-0.2, 0) is 4.74 Å². The van der Waals surface area contributed by atoms with Crippen LogP contribution in [0.1, 0.15) is 47.0 Å². The molecule has 1 saturated carbocycles. The third kappa shape index (κ3) is 4.43. The van der Waals surface area contributed by atoms with Crippen LogP contribution in [0.25, 0.3) is 0 Å². The van der Waals surface area contributed by atoms with Gasteiger partial charge in [0.05, 0.1) is 12.2 Å². The molecular formula is C12H25NO. The average Bonchev–Trinajstić information content (AvgIpc) is 2.83. The maximum absolute atomic E-state index is 5.64. The lowest BCUT2D eigenvalue weighted by atomic mass is 10.0. The van der Waals surface area contributed by atoms with Gasteiger partial charge in [-0.2, -0.15) is 0 Å². The highest BCUT2D eigenvalue weighted by Gasteiger charge is 2.39. The molecule has 14 heavy (non-hydrogen) atoms. The van der Waals surface area contributed by atoms with E-state index in [0.29, 0.717) is 5.41 Å². The molecule has 84 valence electrons. The van der Waals surface area contributed by atoms with E-state index < -0.39 is 0 Å². The standard InChI is InChI=1S/C12H25NO/c1-5-12(6-7-12)10-13-8-9-14-11(2,3)4/h13H,5-10H2,1-4H3. The van der Waals surface area contributed by atoms with Crippen molar-refractivity contribution in [3.63, 3.8) is 0 Å². The molecule has 2 heteroatoms. The number of rotatable bonds is 6. The quantitative estimate of drug-likeness (QED) is 0.664. The van der Waals surface area contributed by atoms with Crippen LogP contribution >= 0.6 is 0 Å². The molecule has 0 radical (unpaired) electrons. The molecule has 0 amide bonds. The van der Waals surface area contributed by atoms with Gasteiger partial charge in [-0.15, -0.1) is 0 Å². The van der Waals surface area contributed by atoms with Crippen molar-refractivity contribution in [2.24, 2.45) is 5.41 Å². The summed E-state index contributed by atoms with van der Waals surface area (Å²) in [6, 6.07) is 0. The summed E-state index contributed by atoms with van der Waals surface area (Å²) in [4.78, 5) is 0. The van der Waals surface area contributed by atoms with Crippen molar-refractivity contribution in [2.45, 2.75) is 52.6 Å². The number of hydrogen-bond acceptors (Lipinski definition) is 2. The first-order chi connectivity index (χ1) is 6.47. The van der Waals surface area contributed by atoms with Gasteiger partial charge in [0.1, 0.15) is 0 Å². The molecule has 0 heterocycles. The van der Waals surface area contributed by atoms with E-state index in [4.69, 9.17) is 4.74 Å². The van der Waals surface area contributed by atoms with Gasteiger partial charge in [-0.25, -0.2) is 0 Å². The largest absolute Gasteiger partial charge is 0.375 e. The lowest BCUT2D eigenvalue weighted by molar-refractivity contribution is -0.00110. The fourth-order valence-corrected chi connectivity index (χ4v) is 1.62. The summed E-state index contributed by atoms with van der Waals surface area (Å²) in [6.45, 7) is 11.6. The Morgan fingerprint density at radius 3 is 2.36 bits per heavy atom. The zero-order valence-electron chi connectivity index (χ0n) is 10.2. The first kappa shape index (κ1) is 12.0. The predicted octanol–water partition coefficient (Wildman–Crippen LogP) is 2.58. The molecule has 0 aromatic carbocycles. The molecule has 0 aromatic heterocycles. The summed E-state index contributed by atoms with van der Waals surface area (Å²) in [5.74, 6) is 0. The van der Waals surface area contributed by atoms with Crippen LogP contribution in [0.15, 0.2) is 0 Å². The summed E-state index contributed by atoms with van der Waals surface area (Å²) in [5, 5.41) is 3.49. The van der Waals surface area contributed by atoms with Crippen LogP contribution in [0.4, 0.5) is 0 Å². The zero-order chi connectivity index (χ0) is 10.7. The van der Waals surface area contributed by atoms with Crippen molar-refractivity contribution in [3.05, 3.63) is 0 Å². The minimum absolute atomic E-state index is 0.00367. The van der Waals surface area contributed by atoms with Gasteiger partial charge in [-0.3, -0.25) is 0 Å². The Labute approximate surface area is 88.4 Å². The molecule has 1 rings (SSSR count). The van der Waals surface area contributed by atoms with Gasteiger partial charge < -0.3 is 10.1 Å². The Kier molecular flexibility index (Phi) is 3.96. The number of nitrogens with one attached hydrogen (secondary N) is 1. The highest BCUT2D eigenvalue weighted by atomic mass is 16.5. The second-order valence-electron chi connectivity index (χ2n) is 5.49. The molecule has 1 fully saturated rings. The van der Waals surface area contributed by atoms with Gasteiger partial charge in [0.25, 0.3) is 0 Å². The van der Waals surface area contributed by atoms with Gasteiger partial charge in [0, 0.05) is 13.1 Å². The number of ether oxygens (including phenoxy) is 1. The Morgan fingerprint density at radius 2 is 1.93 bits per heavy atom. The van der Waals surface area contributed by atoms with Gasteiger partial charge >= 0.3 is 0 Å². The van der Waals surface area contributed by atoms with Crippen LogP contribution in [-0.4, -0.2) is 25.3 Å². The molecule has 0 atom stereocenters. The van der Waals surface area contributed by atoms with Crippen LogP contribution in [0.5, 0.6) is 0 Å². The fourth-order valence-electron chi connectivity index (χ4n) is 1.62. The van der Waals surface area contributed by atoms with Crippen molar-refractivity contribution in [3.8, 4) is 0 Å². The highest BCUT2D eigenvalue weighted by Crippen LogP contribution is 2.47. The lowest BCUT2D eigenvalue weighted by Gasteiger charge is -2.20. The van der Waals surface area contributed by atoms with Crippen molar-refractivity contribution < 1.29 is 4.74 Å². The van der Waals surface area contributed by atoms with Crippen molar-refractivity contribution in [1.82, 2.24) is 5.32 Å². The average molecular weight is 199 g/mol. The molecule has 0 aliphatic heterocycles. The van der Waals surface area contributed by atoms with Gasteiger partial charge in [-0.1, -0.05) is 6.92 Å². The summed E-state index contributed by atoms with van der Waals surface area (Å²) < 4.78 is 5.64. The molecule has 0 saturated heterocycles. The number of hydrogen-bond donors (Lipinski definition) is 1. The molecule has 1 aliphatic carbocycles. The molecule has 0 bridgehead atoms. The minimum Gasteiger partial charge on any atom is -0.375 e. The van der Waals surface area contributed by atoms with Crippen molar-refractivity contribution >= 4 is 0 Å². The van der Waals surface area contributed by atoms with Crippen LogP contribution in [0, 0.1) is 5.41 Å². The lowest BCUT2D eigenvalue weighted by Crippen LogP contribution is -2.30. The van der Waals surface area contributed by atoms with E-state index in [-0.39, 0.29) is 5.60 Å². The van der Waals surface area contributed by atoms with Crippen LogP contribution in [0.2, 0.25) is 0 Å². The second kappa shape index (κ2) is 4.63.